The van der Waals surface area contributed by atoms with Crippen LogP contribution in [0.2, 0.25) is 0 Å². The Hall–Kier alpha value is -0.790. The summed E-state index contributed by atoms with van der Waals surface area (Å²) in [6, 6.07) is 0.323. The normalized spacial score (nSPS) is 47.1. The molecule has 0 aromatic heterocycles. The first-order valence-corrected chi connectivity index (χ1v) is 10.8. The molecule has 3 fully saturated rings. The van der Waals surface area contributed by atoms with Crippen LogP contribution in [0.1, 0.15) is 85.5 Å². The molecular weight excluding hydrogens is 306 g/mol. The summed E-state index contributed by atoms with van der Waals surface area (Å²) in [7, 11) is 0. The van der Waals surface area contributed by atoms with Gasteiger partial charge in [-0.25, -0.2) is 0 Å². The number of amides is 1. The molecule has 4 aliphatic carbocycles. The van der Waals surface area contributed by atoms with Gasteiger partial charge in [0.05, 0.1) is 0 Å². The van der Waals surface area contributed by atoms with Crippen LogP contribution in [-0.4, -0.2) is 11.9 Å². The third-order valence-electron chi connectivity index (χ3n) is 9.13. The summed E-state index contributed by atoms with van der Waals surface area (Å²) in [6.07, 6.45) is 15.1. The van der Waals surface area contributed by atoms with E-state index in [1.807, 2.05) is 5.57 Å². The molecule has 0 saturated heterocycles. The number of carbonyl (C=O) groups is 1. The first kappa shape index (κ1) is 17.6. The Morgan fingerprint density at radius 2 is 1.96 bits per heavy atom. The van der Waals surface area contributed by atoms with Gasteiger partial charge in [-0.2, -0.15) is 0 Å². The average molecular weight is 344 g/mol. The lowest BCUT2D eigenvalue weighted by atomic mass is 9.47. The predicted molar refractivity (Wildman–Crippen MR) is 103 cm³/mol. The monoisotopic (exact) mass is 343 g/mol. The fourth-order valence-electron chi connectivity index (χ4n) is 7.98. The Balaban J connectivity index is 1.59. The van der Waals surface area contributed by atoms with Crippen LogP contribution in [-0.2, 0) is 4.79 Å². The highest BCUT2D eigenvalue weighted by atomic mass is 16.1. The Morgan fingerprint density at radius 3 is 2.72 bits per heavy atom. The lowest BCUT2D eigenvalue weighted by Gasteiger charge is -2.58. The second kappa shape index (κ2) is 6.13. The Labute approximate surface area is 154 Å². The molecule has 0 radical (unpaired) electrons. The fourth-order valence-corrected chi connectivity index (χ4v) is 7.98. The third kappa shape index (κ3) is 2.61. The van der Waals surface area contributed by atoms with Gasteiger partial charge < -0.3 is 5.32 Å². The maximum atomic E-state index is 11.6. The van der Waals surface area contributed by atoms with Crippen molar-refractivity contribution in [2.75, 3.05) is 0 Å². The van der Waals surface area contributed by atoms with E-state index in [0.717, 1.165) is 17.8 Å². The molecule has 140 valence electrons. The van der Waals surface area contributed by atoms with Crippen molar-refractivity contribution in [1.82, 2.24) is 5.32 Å². The molecule has 1 amide bonds. The summed E-state index contributed by atoms with van der Waals surface area (Å²) >= 11 is 0. The van der Waals surface area contributed by atoms with E-state index < -0.39 is 0 Å². The highest BCUT2D eigenvalue weighted by Gasteiger charge is 2.58. The zero-order valence-corrected chi connectivity index (χ0v) is 16.7. The Morgan fingerprint density at radius 1 is 1.16 bits per heavy atom. The number of carbonyl (C=O) groups excluding carboxylic acids is 1. The summed E-state index contributed by atoms with van der Waals surface area (Å²) in [5, 5.41) is 3.22. The van der Waals surface area contributed by atoms with E-state index in [-0.39, 0.29) is 5.91 Å². The van der Waals surface area contributed by atoms with E-state index in [1.165, 1.54) is 57.8 Å². The summed E-state index contributed by atoms with van der Waals surface area (Å²) in [6.45, 7) is 9.07. The first-order valence-electron chi connectivity index (χ1n) is 10.8. The van der Waals surface area contributed by atoms with Gasteiger partial charge in [0.2, 0.25) is 5.91 Å². The van der Waals surface area contributed by atoms with Crippen molar-refractivity contribution in [1.29, 1.82) is 0 Å². The van der Waals surface area contributed by atoms with Gasteiger partial charge in [0.1, 0.15) is 0 Å². The molecule has 0 unspecified atom stereocenters. The van der Waals surface area contributed by atoms with Crippen molar-refractivity contribution in [3.05, 3.63) is 11.6 Å². The molecule has 0 aromatic rings. The number of rotatable bonds is 2. The fraction of sp³-hybridized carbons (Fsp3) is 0.870. The van der Waals surface area contributed by atoms with Crippen LogP contribution in [0.5, 0.6) is 0 Å². The van der Waals surface area contributed by atoms with Crippen molar-refractivity contribution >= 4 is 5.91 Å². The number of hydrogen-bond donors (Lipinski definition) is 1. The van der Waals surface area contributed by atoms with Crippen LogP contribution in [0, 0.1) is 34.5 Å². The zero-order chi connectivity index (χ0) is 17.8. The third-order valence-corrected chi connectivity index (χ3v) is 9.13. The topological polar surface area (TPSA) is 29.1 Å². The number of hydrogen-bond acceptors (Lipinski definition) is 1. The van der Waals surface area contributed by atoms with Crippen LogP contribution < -0.4 is 5.32 Å². The summed E-state index contributed by atoms with van der Waals surface area (Å²) in [5.41, 5.74) is 2.74. The van der Waals surface area contributed by atoms with E-state index >= 15 is 0 Å². The van der Waals surface area contributed by atoms with Gasteiger partial charge in [0.15, 0.2) is 0 Å². The molecule has 25 heavy (non-hydrogen) atoms. The maximum absolute atomic E-state index is 11.6. The van der Waals surface area contributed by atoms with Gasteiger partial charge in [0, 0.05) is 13.0 Å². The summed E-state index contributed by atoms with van der Waals surface area (Å²) in [5.74, 6) is 3.46. The molecule has 4 aliphatic rings. The van der Waals surface area contributed by atoms with Crippen molar-refractivity contribution in [2.24, 2.45) is 34.5 Å². The van der Waals surface area contributed by atoms with Gasteiger partial charge in [-0.05, 0) is 92.8 Å². The van der Waals surface area contributed by atoms with Gasteiger partial charge in [-0.1, -0.05) is 31.9 Å². The Kier molecular flexibility index (Phi) is 4.32. The van der Waals surface area contributed by atoms with E-state index in [9.17, 15) is 4.79 Å². The smallest absolute Gasteiger partial charge is 0.217 e. The van der Waals surface area contributed by atoms with Gasteiger partial charge >= 0.3 is 0 Å². The van der Waals surface area contributed by atoms with E-state index in [0.29, 0.717) is 22.8 Å². The molecule has 2 heteroatoms. The minimum atomic E-state index is 0.133. The molecule has 7 atom stereocenters. The molecule has 0 aliphatic heterocycles. The van der Waals surface area contributed by atoms with Crippen LogP contribution >= 0.6 is 0 Å². The van der Waals surface area contributed by atoms with E-state index in [2.05, 4.69) is 32.2 Å². The predicted octanol–water partition coefficient (Wildman–Crippen LogP) is 5.48. The molecule has 3 saturated carbocycles. The van der Waals surface area contributed by atoms with Crippen molar-refractivity contribution < 1.29 is 4.79 Å². The van der Waals surface area contributed by atoms with Crippen LogP contribution in [0.4, 0.5) is 0 Å². The quantitative estimate of drug-likeness (QED) is 0.661. The Bertz CT molecular complexity index is 581. The molecule has 0 aromatic carbocycles. The zero-order valence-electron chi connectivity index (χ0n) is 16.7. The second-order valence-corrected chi connectivity index (χ2v) is 10.2. The van der Waals surface area contributed by atoms with Gasteiger partial charge in [-0.15, -0.1) is 0 Å². The van der Waals surface area contributed by atoms with Crippen molar-refractivity contribution in [3.63, 3.8) is 0 Å². The minimum Gasteiger partial charge on any atom is -0.354 e. The minimum absolute atomic E-state index is 0.133. The molecule has 1 N–H and O–H groups in total. The molecule has 0 heterocycles. The van der Waals surface area contributed by atoms with Gasteiger partial charge in [0.25, 0.3) is 0 Å². The first-order chi connectivity index (χ1) is 11.9. The molecule has 4 rings (SSSR count). The summed E-state index contributed by atoms with van der Waals surface area (Å²) in [4.78, 5) is 11.6. The molecule has 2 nitrogen and oxygen atoms in total. The molecule has 0 spiro atoms. The maximum Gasteiger partial charge on any atom is 0.217 e. The highest BCUT2D eigenvalue weighted by molar-refractivity contribution is 5.73. The lowest BCUT2D eigenvalue weighted by molar-refractivity contribution is -0.120. The van der Waals surface area contributed by atoms with Crippen molar-refractivity contribution in [2.45, 2.75) is 91.5 Å². The van der Waals surface area contributed by atoms with E-state index in [4.69, 9.17) is 0 Å². The highest BCUT2D eigenvalue weighted by Crippen LogP contribution is 2.66. The summed E-state index contributed by atoms with van der Waals surface area (Å²) < 4.78 is 0. The van der Waals surface area contributed by atoms with Crippen LogP contribution in [0.25, 0.3) is 0 Å². The average Bonchev–Trinajstić information content (AvgIpc) is 2.91. The second-order valence-electron chi connectivity index (χ2n) is 10.2. The van der Waals surface area contributed by atoms with Crippen LogP contribution in [0.15, 0.2) is 11.6 Å². The van der Waals surface area contributed by atoms with E-state index in [1.54, 1.807) is 6.92 Å². The largest absolute Gasteiger partial charge is 0.354 e. The van der Waals surface area contributed by atoms with Crippen molar-refractivity contribution in [3.8, 4) is 0 Å². The number of allylic oxidation sites excluding steroid dienone is 2. The molecular formula is C23H37NO. The van der Waals surface area contributed by atoms with Crippen LogP contribution in [0.3, 0.4) is 0 Å². The SMILES string of the molecule is CC(=O)N[C@H](C)[C@H]1CC[C@H]2[C@@H]3CC=C4CCCC[C@]4(C)[C@H]3CC[C@]12C. The standard InChI is InChI=1S/C23H37NO/c1-15(24-16(2)25)19-10-11-20-18-9-8-17-7-5-6-13-22(17,3)21(18)12-14-23(19,20)4/h8,15,18-21H,5-7,9-14H2,1-4H3,(H,24,25)/t15-,18+,19-,20+,21+,22+,23-/m1/s1. The number of fused-ring (bicyclic) bond motifs is 5. The molecule has 0 bridgehead atoms. The lowest BCUT2D eigenvalue weighted by Crippen LogP contribution is -2.52. The van der Waals surface area contributed by atoms with Gasteiger partial charge in [-0.3, -0.25) is 4.79 Å². The number of nitrogens with one attached hydrogen (secondary N) is 1.